The molecule has 0 unspecified atom stereocenters. The van der Waals surface area contributed by atoms with Crippen molar-refractivity contribution >= 4 is 11.8 Å². The topological polar surface area (TPSA) is 91.3 Å². The van der Waals surface area contributed by atoms with Crippen molar-refractivity contribution in [2.75, 3.05) is 6.61 Å². The molecule has 0 spiro atoms. The summed E-state index contributed by atoms with van der Waals surface area (Å²) < 4.78 is 0. The molecule has 0 radical (unpaired) electrons. The van der Waals surface area contributed by atoms with Gasteiger partial charge in [0, 0.05) is 12.4 Å². The number of aromatic nitrogens is 1. The van der Waals surface area contributed by atoms with Crippen LogP contribution < -0.4 is 10.6 Å². The molecule has 0 fully saturated rings. The Morgan fingerprint density at radius 3 is 2.37 bits per heavy atom. The molecule has 6 nitrogen and oxygen atoms in total. The number of hydrogen-bond donors (Lipinski definition) is 3. The summed E-state index contributed by atoms with van der Waals surface area (Å²) in [7, 11) is 0. The summed E-state index contributed by atoms with van der Waals surface area (Å²) in [5.41, 5.74) is 1.88. The van der Waals surface area contributed by atoms with Crippen LogP contribution >= 0.6 is 0 Å². The van der Waals surface area contributed by atoms with Gasteiger partial charge in [-0.25, -0.2) is 0 Å². The van der Waals surface area contributed by atoms with Crippen LogP contribution in [0.25, 0.3) is 0 Å². The van der Waals surface area contributed by atoms with Crippen LogP contribution in [0.5, 0.6) is 0 Å². The highest BCUT2D eigenvalue weighted by atomic mass is 16.3. The molecule has 1 aromatic carbocycles. The van der Waals surface area contributed by atoms with Crippen LogP contribution in [0.15, 0.2) is 54.9 Å². The fraction of sp³-hybridized carbons (Fsp3) is 0.381. The largest absolute Gasteiger partial charge is 0.394 e. The number of nitrogens with one attached hydrogen (secondary N) is 2. The van der Waals surface area contributed by atoms with Crippen molar-refractivity contribution in [3.05, 3.63) is 66.0 Å². The van der Waals surface area contributed by atoms with Gasteiger partial charge in [-0.3, -0.25) is 14.6 Å². The Kier molecular flexibility index (Phi) is 8.45. The molecule has 2 atom stereocenters. The molecule has 1 heterocycles. The van der Waals surface area contributed by atoms with E-state index in [2.05, 4.69) is 15.6 Å². The summed E-state index contributed by atoms with van der Waals surface area (Å²) in [5.74, 6) is -0.462. The molecule has 0 aliphatic carbocycles. The lowest BCUT2D eigenvalue weighted by atomic mass is 10.1. The number of benzene rings is 1. The van der Waals surface area contributed by atoms with E-state index in [9.17, 15) is 14.7 Å². The number of hydrogen-bond acceptors (Lipinski definition) is 4. The van der Waals surface area contributed by atoms with Crippen molar-refractivity contribution in [2.45, 2.75) is 44.7 Å². The van der Waals surface area contributed by atoms with Crippen LogP contribution in [-0.4, -0.2) is 40.6 Å². The third kappa shape index (κ3) is 7.19. The summed E-state index contributed by atoms with van der Waals surface area (Å²) >= 11 is 0. The molecule has 27 heavy (non-hydrogen) atoms. The predicted octanol–water partition coefficient (Wildman–Crippen LogP) is 1.63. The van der Waals surface area contributed by atoms with Crippen LogP contribution in [0.4, 0.5) is 0 Å². The summed E-state index contributed by atoms with van der Waals surface area (Å²) in [6, 6.07) is 12.1. The average molecular weight is 369 g/mol. The number of aliphatic hydroxyl groups is 1. The number of carbonyl (C=O) groups is 2. The molecule has 2 aromatic rings. The lowest BCUT2D eigenvalue weighted by Gasteiger charge is -2.22. The molecule has 0 saturated heterocycles. The van der Waals surface area contributed by atoms with Crippen molar-refractivity contribution in [2.24, 2.45) is 0 Å². The zero-order valence-corrected chi connectivity index (χ0v) is 15.6. The number of rotatable bonds is 10. The van der Waals surface area contributed by atoms with Crippen molar-refractivity contribution in [3.8, 4) is 0 Å². The molecule has 2 rings (SSSR count). The zero-order valence-electron chi connectivity index (χ0n) is 15.6. The van der Waals surface area contributed by atoms with Gasteiger partial charge in [0.15, 0.2) is 0 Å². The van der Waals surface area contributed by atoms with Gasteiger partial charge in [-0.15, -0.1) is 0 Å². The smallest absolute Gasteiger partial charge is 0.242 e. The third-order valence-electron chi connectivity index (χ3n) is 4.23. The van der Waals surface area contributed by atoms with Gasteiger partial charge in [-0.05, 0) is 36.1 Å². The van der Waals surface area contributed by atoms with E-state index in [4.69, 9.17) is 0 Å². The summed E-state index contributed by atoms with van der Waals surface area (Å²) in [6.07, 6.45) is 5.39. The molecule has 3 N–H and O–H groups in total. The van der Waals surface area contributed by atoms with Crippen LogP contribution in [0.3, 0.4) is 0 Å². The second-order valence-corrected chi connectivity index (χ2v) is 6.52. The van der Waals surface area contributed by atoms with Crippen LogP contribution in [0.1, 0.15) is 30.9 Å². The first-order chi connectivity index (χ1) is 13.1. The monoisotopic (exact) mass is 369 g/mol. The van der Waals surface area contributed by atoms with Gasteiger partial charge >= 0.3 is 0 Å². The Morgan fingerprint density at radius 2 is 1.74 bits per heavy atom. The molecule has 6 heteroatoms. The van der Waals surface area contributed by atoms with Gasteiger partial charge in [-0.1, -0.05) is 43.7 Å². The van der Waals surface area contributed by atoms with Crippen molar-refractivity contribution in [3.63, 3.8) is 0 Å². The average Bonchev–Trinajstić information content (AvgIpc) is 2.68. The van der Waals surface area contributed by atoms with E-state index in [1.54, 1.807) is 12.4 Å². The molecular formula is C21H27N3O3. The first kappa shape index (κ1) is 20.6. The van der Waals surface area contributed by atoms with Crippen molar-refractivity contribution in [1.82, 2.24) is 15.6 Å². The van der Waals surface area contributed by atoms with E-state index in [-0.39, 0.29) is 24.8 Å². The molecule has 0 aliphatic rings. The lowest BCUT2D eigenvalue weighted by molar-refractivity contribution is -0.129. The highest BCUT2D eigenvalue weighted by Crippen LogP contribution is 2.05. The van der Waals surface area contributed by atoms with Crippen molar-refractivity contribution < 1.29 is 14.7 Å². The maximum atomic E-state index is 12.6. The first-order valence-corrected chi connectivity index (χ1v) is 9.25. The second kappa shape index (κ2) is 11.1. The van der Waals surface area contributed by atoms with E-state index in [0.717, 1.165) is 17.5 Å². The second-order valence-electron chi connectivity index (χ2n) is 6.52. The van der Waals surface area contributed by atoms with Gasteiger partial charge in [0.1, 0.15) is 6.04 Å². The minimum absolute atomic E-state index is 0.176. The Balaban J connectivity index is 1.93. The predicted molar refractivity (Wildman–Crippen MR) is 104 cm³/mol. The summed E-state index contributed by atoms with van der Waals surface area (Å²) in [5, 5.41) is 15.3. The fourth-order valence-electron chi connectivity index (χ4n) is 2.85. The van der Waals surface area contributed by atoms with Gasteiger partial charge in [0.25, 0.3) is 0 Å². The number of pyridine rings is 1. The highest BCUT2D eigenvalue weighted by molar-refractivity contribution is 5.88. The zero-order chi connectivity index (χ0) is 19.5. The van der Waals surface area contributed by atoms with E-state index in [1.165, 1.54) is 0 Å². The lowest BCUT2D eigenvalue weighted by Crippen LogP contribution is -2.51. The van der Waals surface area contributed by atoms with E-state index in [1.807, 2.05) is 49.4 Å². The highest BCUT2D eigenvalue weighted by Gasteiger charge is 2.22. The number of carbonyl (C=O) groups excluding carboxylic acids is 2. The van der Waals surface area contributed by atoms with Gasteiger partial charge in [0.05, 0.1) is 19.1 Å². The Morgan fingerprint density at radius 1 is 1.04 bits per heavy atom. The maximum absolute atomic E-state index is 12.6. The van der Waals surface area contributed by atoms with Crippen LogP contribution in [0, 0.1) is 0 Å². The van der Waals surface area contributed by atoms with E-state index >= 15 is 0 Å². The summed E-state index contributed by atoms with van der Waals surface area (Å²) in [4.78, 5) is 28.9. The van der Waals surface area contributed by atoms with Gasteiger partial charge in [0.2, 0.25) is 11.8 Å². The molecule has 1 aromatic heterocycles. The quantitative estimate of drug-likeness (QED) is 0.594. The molecule has 0 bridgehead atoms. The SMILES string of the molecule is CCC[C@@H](NC(=O)Cc1ccccc1)C(=O)N[C@H](CO)Cc1ccncc1. The van der Waals surface area contributed by atoms with E-state index < -0.39 is 12.1 Å². The number of aliphatic hydroxyl groups excluding tert-OH is 1. The van der Waals surface area contributed by atoms with Gasteiger partial charge < -0.3 is 15.7 Å². The molecule has 0 aliphatic heterocycles. The summed E-state index contributed by atoms with van der Waals surface area (Å²) in [6.45, 7) is 1.79. The Bertz CT molecular complexity index is 707. The van der Waals surface area contributed by atoms with E-state index in [0.29, 0.717) is 12.8 Å². The Labute approximate surface area is 160 Å². The van der Waals surface area contributed by atoms with Crippen LogP contribution in [-0.2, 0) is 22.4 Å². The molecule has 0 saturated carbocycles. The number of amides is 2. The normalized spacial score (nSPS) is 12.8. The molecule has 144 valence electrons. The van der Waals surface area contributed by atoms with Gasteiger partial charge in [-0.2, -0.15) is 0 Å². The van der Waals surface area contributed by atoms with Crippen molar-refractivity contribution in [1.29, 1.82) is 0 Å². The molecule has 2 amide bonds. The van der Waals surface area contributed by atoms with Crippen LogP contribution in [0.2, 0.25) is 0 Å². The fourth-order valence-corrected chi connectivity index (χ4v) is 2.85. The first-order valence-electron chi connectivity index (χ1n) is 9.25. The maximum Gasteiger partial charge on any atom is 0.242 e. The number of nitrogens with zero attached hydrogens (tertiary/aromatic N) is 1. The minimum atomic E-state index is -0.613. The standard InChI is InChI=1S/C21H27N3O3/c1-2-6-19(24-20(26)14-16-7-4-3-5-8-16)21(27)23-18(15-25)13-17-9-11-22-12-10-17/h3-5,7-12,18-19,25H,2,6,13-15H2,1H3,(H,23,27)(H,24,26)/t18-,19+/m0/s1. The Hall–Kier alpha value is -2.73. The minimum Gasteiger partial charge on any atom is -0.394 e. The molecular weight excluding hydrogens is 342 g/mol. The third-order valence-corrected chi connectivity index (χ3v) is 4.23.